The number of rotatable bonds is 8. The number of pyridine rings is 1. The number of hydrogen-bond donors (Lipinski definition) is 3. The highest BCUT2D eigenvalue weighted by Gasteiger charge is 2.33. The normalized spacial score (nSPS) is 11.7. The zero-order valence-electron chi connectivity index (χ0n) is 15.6. The van der Waals surface area contributed by atoms with E-state index in [-0.39, 0.29) is 36.3 Å². The lowest BCUT2D eigenvalue weighted by molar-refractivity contribution is -0.137. The van der Waals surface area contributed by atoms with Crippen LogP contribution in [0.2, 0.25) is 0 Å². The first-order valence-corrected chi connectivity index (χ1v) is 9.47. The van der Waals surface area contributed by atoms with Crippen LogP contribution in [0.3, 0.4) is 0 Å². The van der Waals surface area contributed by atoms with Gasteiger partial charge < -0.3 is 16.0 Å². The van der Waals surface area contributed by atoms with E-state index < -0.39 is 11.7 Å². The summed E-state index contributed by atoms with van der Waals surface area (Å²) in [5.41, 5.74) is -0.777. The molecule has 0 saturated carbocycles. The maximum Gasteiger partial charge on any atom is 0.419 e. The summed E-state index contributed by atoms with van der Waals surface area (Å²) in [5, 5.41) is 9.82. The predicted molar refractivity (Wildman–Crippen MR) is 117 cm³/mol. The number of halogens is 4. The van der Waals surface area contributed by atoms with Crippen molar-refractivity contribution in [1.82, 2.24) is 20.6 Å². The molecule has 0 aliphatic heterocycles. The van der Waals surface area contributed by atoms with E-state index in [0.717, 1.165) is 17.5 Å². The molecule has 0 radical (unpaired) electrons. The van der Waals surface area contributed by atoms with Crippen molar-refractivity contribution in [1.29, 1.82) is 0 Å². The van der Waals surface area contributed by atoms with Crippen LogP contribution in [0.25, 0.3) is 0 Å². The highest BCUT2D eigenvalue weighted by molar-refractivity contribution is 14.0. The molecular formula is C17H24F3IN6S. The largest absolute Gasteiger partial charge is 0.419 e. The Hall–Kier alpha value is -1.63. The molecule has 2 aromatic rings. The second-order valence-electron chi connectivity index (χ2n) is 5.52. The minimum atomic E-state index is -4.44. The molecule has 0 aromatic carbocycles. The van der Waals surface area contributed by atoms with Crippen LogP contribution < -0.4 is 16.0 Å². The first kappa shape index (κ1) is 24.4. The molecule has 11 heteroatoms. The maximum atomic E-state index is 12.9. The van der Waals surface area contributed by atoms with Crippen molar-refractivity contribution in [3.05, 3.63) is 40.0 Å². The molecule has 156 valence electrons. The SMILES string of the molecule is CCNC(=NCc1ncc(CC)s1)NCCNc1ncccc1C(F)(F)F.I. The molecule has 0 aliphatic rings. The Kier molecular flexibility index (Phi) is 10.5. The van der Waals surface area contributed by atoms with Crippen LogP contribution >= 0.6 is 35.3 Å². The van der Waals surface area contributed by atoms with Crippen molar-refractivity contribution in [3.8, 4) is 0 Å². The van der Waals surface area contributed by atoms with Crippen molar-refractivity contribution >= 4 is 47.1 Å². The monoisotopic (exact) mass is 528 g/mol. The van der Waals surface area contributed by atoms with Gasteiger partial charge in [0.1, 0.15) is 10.8 Å². The van der Waals surface area contributed by atoms with Crippen molar-refractivity contribution in [2.75, 3.05) is 25.0 Å². The number of nitrogens with zero attached hydrogens (tertiary/aromatic N) is 3. The molecule has 0 unspecified atom stereocenters. The van der Waals surface area contributed by atoms with E-state index in [2.05, 4.69) is 37.8 Å². The van der Waals surface area contributed by atoms with Gasteiger partial charge in [0.05, 0.1) is 12.1 Å². The summed E-state index contributed by atoms with van der Waals surface area (Å²) >= 11 is 1.62. The van der Waals surface area contributed by atoms with E-state index in [1.165, 1.54) is 17.1 Å². The summed E-state index contributed by atoms with van der Waals surface area (Å²) < 4.78 is 38.8. The summed E-state index contributed by atoms with van der Waals surface area (Å²) in [5.74, 6) is 0.410. The van der Waals surface area contributed by atoms with Crippen LogP contribution in [0.15, 0.2) is 29.5 Å². The second-order valence-corrected chi connectivity index (χ2v) is 6.72. The zero-order chi connectivity index (χ0) is 19.7. The van der Waals surface area contributed by atoms with Gasteiger partial charge in [0.2, 0.25) is 0 Å². The van der Waals surface area contributed by atoms with E-state index in [0.29, 0.717) is 25.6 Å². The smallest absolute Gasteiger partial charge is 0.368 e. The highest BCUT2D eigenvalue weighted by atomic mass is 127. The fraction of sp³-hybridized carbons (Fsp3) is 0.471. The molecule has 28 heavy (non-hydrogen) atoms. The minimum Gasteiger partial charge on any atom is -0.368 e. The fourth-order valence-corrected chi connectivity index (χ4v) is 3.00. The number of thiazole rings is 1. The molecule has 0 fully saturated rings. The van der Waals surface area contributed by atoms with Crippen LogP contribution in [-0.2, 0) is 19.1 Å². The zero-order valence-corrected chi connectivity index (χ0v) is 18.8. The van der Waals surface area contributed by atoms with E-state index in [1.54, 1.807) is 11.3 Å². The standard InChI is InChI=1S/C17H23F3N6S.HI/c1-3-12-10-25-14(27-12)11-26-16(21-4-2)24-9-8-23-15-13(17(18,19)20)6-5-7-22-15;/h5-7,10H,3-4,8-9,11H2,1-2H3,(H,22,23)(H2,21,24,26);1H. The average Bonchev–Trinajstić information content (AvgIpc) is 3.10. The lowest BCUT2D eigenvalue weighted by Crippen LogP contribution is -2.39. The van der Waals surface area contributed by atoms with Gasteiger partial charge in [-0.2, -0.15) is 13.2 Å². The Labute approximate surface area is 183 Å². The first-order chi connectivity index (χ1) is 12.9. The van der Waals surface area contributed by atoms with E-state index in [9.17, 15) is 13.2 Å². The summed E-state index contributed by atoms with van der Waals surface area (Å²) in [6.07, 6.45) is -0.315. The van der Waals surface area contributed by atoms with Crippen LogP contribution in [0.4, 0.5) is 19.0 Å². The van der Waals surface area contributed by atoms with Crippen LogP contribution in [-0.4, -0.2) is 35.6 Å². The molecule has 0 saturated heterocycles. The number of guanidine groups is 1. The summed E-state index contributed by atoms with van der Waals surface area (Å²) in [7, 11) is 0. The Balaban J connectivity index is 0.00000392. The molecule has 2 heterocycles. The number of hydrogen-bond acceptors (Lipinski definition) is 5. The Morgan fingerprint density at radius 3 is 2.61 bits per heavy atom. The summed E-state index contributed by atoms with van der Waals surface area (Å²) in [4.78, 5) is 13.7. The van der Waals surface area contributed by atoms with Crippen LogP contribution in [0.1, 0.15) is 29.3 Å². The third kappa shape index (κ3) is 7.78. The number of anilines is 1. The van der Waals surface area contributed by atoms with Gasteiger partial charge in [-0.3, -0.25) is 0 Å². The molecule has 0 spiro atoms. The first-order valence-electron chi connectivity index (χ1n) is 8.65. The molecule has 0 bridgehead atoms. The Bertz CT molecular complexity index is 750. The summed E-state index contributed by atoms with van der Waals surface area (Å²) in [6.45, 7) is 5.80. The van der Waals surface area contributed by atoms with Gasteiger partial charge in [-0.25, -0.2) is 15.0 Å². The van der Waals surface area contributed by atoms with Crippen molar-refractivity contribution < 1.29 is 13.2 Å². The number of alkyl halides is 3. The molecule has 2 aromatic heterocycles. The van der Waals surface area contributed by atoms with E-state index in [4.69, 9.17) is 0 Å². The molecular weight excluding hydrogens is 504 g/mol. The maximum absolute atomic E-state index is 12.9. The van der Waals surface area contributed by atoms with Crippen molar-refractivity contribution in [3.63, 3.8) is 0 Å². The lowest BCUT2D eigenvalue weighted by atomic mass is 10.2. The minimum absolute atomic E-state index is 0. The summed E-state index contributed by atoms with van der Waals surface area (Å²) in [6, 6.07) is 2.28. The topological polar surface area (TPSA) is 74.2 Å². The number of aromatic nitrogens is 2. The third-order valence-electron chi connectivity index (χ3n) is 3.49. The number of nitrogens with one attached hydrogen (secondary N) is 3. The van der Waals surface area contributed by atoms with Gasteiger partial charge in [-0.05, 0) is 25.5 Å². The molecule has 6 nitrogen and oxygen atoms in total. The van der Waals surface area contributed by atoms with Crippen molar-refractivity contribution in [2.24, 2.45) is 4.99 Å². The lowest BCUT2D eigenvalue weighted by Gasteiger charge is -2.14. The molecule has 2 rings (SSSR count). The quantitative estimate of drug-likeness (QED) is 0.210. The fourth-order valence-electron chi connectivity index (χ4n) is 2.21. The van der Waals surface area contributed by atoms with Crippen LogP contribution in [0.5, 0.6) is 0 Å². The second kappa shape index (κ2) is 12.0. The van der Waals surface area contributed by atoms with Gasteiger partial charge in [-0.1, -0.05) is 6.92 Å². The van der Waals surface area contributed by atoms with E-state index >= 15 is 0 Å². The number of aryl methyl sites for hydroxylation is 1. The Morgan fingerprint density at radius 1 is 1.18 bits per heavy atom. The van der Waals surface area contributed by atoms with Gasteiger partial charge in [-0.15, -0.1) is 35.3 Å². The molecule has 0 aliphatic carbocycles. The van der Waals surface area contributed by atoms with Crippen molar-refractivity contribution in [2.45, 2.75) is 33.0 Å². The van der Waals surface area contributed by atoms with Gasteiger partial charge in [0.25, 0.3) is 0 Å². The van der Waals surface area contributed by atoms with Gasteiger partial charge in [0, 0.05) is 36.9 Å². The number of aliphatic imine (C=N–C) groups is 1. The third-order valence-corrected chi connectivity index (χ3v) is 4.62. The van der Waals surface area contributed by atoms with E-state index in [1.807, 2.05) is 13.1 Å². The molecule has 0 atom stereocenters. The predicted octanol–water partition coefficient (Wildman–Crippen LogP) is 3.90. The molecule has 0 amide bonds. The van der Waals surface area contributed by atoms with Gasteiger partial charge >= 0.3 is 6.18 Å². The highest BCUT2D eigenvalue weighted by Crippen LogP contribution is 2.33. The Morgan fingerprint density at radius 2 is 1.96 bits per heavy atom. The average molecular weight is 528 g/mol. The van der Waals surface area contributed by atoms with Crippen LogP contribution in [0, 0.1) is 0 Å². The van der Waals surface area contributed by atoms with Gasteiger partial charge in [0.15, 0.2) is 5.96 Å². The molecule has 3 N–H and O–H groups in total.